The Hall–Kier alpha value is -1.91. The Morgan fingerprint density at radius 3 is 2.88 bits per heavy atom. The van der Waals surface area contributed by atoms with Crippen molar-refractivity contribution in [1.29, 1.82) is 0 Å². The minimum absolute atomic E-state index is 0.0752. The molecule has 0 aromatic carbocycles. The molecule has 1 aromatic heterocycles. The predicted molar refractivity (Wildman–Crippen MR) is 57.8 cm³/mol. The number of cyclic esters (lactones) is 1. The van der Waals surface area contributed by atoms with E-state index in [9.17, 15) is 9.59 Å². The molecule has 2 heterocycles. The van der Waals surface area contributed by atoms with Crippen LogP contribution in [0, 0.1) is 5.92 Å². The highest BCUT2D eigenvalue weighted by atomic mass is 16.6. The maximum Gasteiger partial charge on any atom is 0.313 e. The Morgan fingerprint density at radius 2 is 2.24 bits per heavy atom. The van der Waals surface area contributed by atoms with Crippen LogP contribution in [0.4, 0.5) is 0 Å². The van der Waals surface area contributed by atoms with Gasteiger partial charge in [0.2, 0.25) is 0 Å². The van der Waals surface area contributed by atoms with E-state index in [2.05, 4.69) is 4.98 Å². The van der Waals surface area contributed by atoms with Crippen molar-refractivity contribution in [1.82, 2.24) is 4.98 Å². The monoisotopic (exact) mass is 235 g/mol. The molecule has 1 aliphatic heterocycles. The van der Waals surface area contributed by atoms with Crippen molar-refractivity contribution in [3.05, 3.63) is 30.1 Å². The van der Waals surface area contributed by atoms with Crippen molar-refractivity contribution >= 4 is 11.9 Å². The van der Waals surface area contributed by atoms with Crippen LogP contribution in [0.1, 0.15) is 25.0 Å². The third-order valence-electron chi connectivity index (χ3n) is 2.63. The Kier molecular flexibility index (Phi) is 3.37. The van der Waals surface area contributed by atoms with Gasteiger partial charge in [-0.2, -0.15) is 0 Å². The van der Waals surface area contributed by atoms with Gasteiger partial charge in [0, 0.05) is 12.4 Å². The standard InChI is InChI=1S/C12H13NO4/c1-2-16-12(15)9-7-10(14)17-11(9)8-3-5-13-6-4-8/h3-6,9,11H,2,7H2,1H3/t9-,11-/m0/s1. The van der Waals surface area contributed by atoms with Crippen molar-refractivity contribution in [2.75, 3.05) is 6.61 Å². The molecule has 0 radical (unpaired) electrons. The molecule has 0 amide bonds. The van der Waals surface area contributed by atoms with E-state index in [1.54, 1.807) is 31.5 Å². The second kappa shape index (κ2) is 4.95. The summed E-state index contributed by atoms with van der Waals surface area (Å²) in [5.41, 5.74) is 0.768. The molecule has 5 nitrogen and oxygen atoms in total. The Labute approximate surface area is 98.7 Å². The average molecular weight is 235 g/mol. The molecule has 1 aromatic rings. The number of carbonyl (C=O) groups excluding carboxylic acids is 2. The molecular formula is C12H13NO4. The van der Waals surface area contributed by atoms with E-state index in [4.69, 9.17) is 9.47 Å². The molecular weight excluding hydrogens is 222 g/mol. The summed E-state index contributed by atoms with van der Waals surface area (Å²) >= 11 is 0. The first kappa shape index (κ1) is 11.6. The normalized spacial score (nSPS) is 23.2. The average Bonchev–Trinajstić information content (AvgIpc) is 2.73. The number of nitrogens with zero attached hydrogens (tertiary/aromatic N) is 1. The molecule has 5 heteroatoms. The van der Waals surface area contributed by atoms with Crippen LogP contribution in [-0.2, 0) is 19.1 Å². The predicted octanol–water partition coefficient (Wildman–Crippen LogP) is 1.25. The van der Waals surface area contributed by atoms with E-state index in [0.717, 1.165) is 5.56 Å². The van der Waals surface area contributed by atoms with Gasteiger partial charge in [0.05, 0.1) is 13.0 Å². The molecule has 2 rings (SSSR count). The summed E-state index contributed by atoms with van der Waals surface area (Å²) in [7, 11) is 0. The Bertz CT molecular complexity index is 418. The molecule has 0 bridgehead atoms. The topological polar surface area (TPSA) is 65.5 Å². The first-order chi connectivity index (χ1) is 8.22. The van der Waals surface area contributed by atoms with Crippen molar-refractivity contribution in [3.8, 4) is 0 Å². The minimum atomic E-state index is -0.551. The summed E-state index contributed by atoms with van der Waals surface area (Å²) in [6, 6.07) is 3.46. The van der Waals surface area contributed by atoms with Gasteiger partial charge >= 0.3 is 11.9 Å². The van der Waals surface area contributed by atoms with Gasteiger partial charge in [-0.25, -0.2) is 0 Å². The van der Waals surface area contributed by atoms with E-state index in [0.29, 0.717) is 6.61 Å². The number of carbonyl (C=O) groups is 2. The van der Waals surface area contributed by atoms with Crippen LogP contribution in [0.15, 0.2) is 24.5 Å². The van der Waals surface area contributed by atoms with Crippen molar-refractivity contribution < 1.29 is 19.1 Å². The molecule has 0 N–H and O–H groups in total. The fourth-order valence-corrected chi connectivity index (χ4v) is 1.87. The highest BCUT2D eigenvalue weighted by molar-refractivity contribution is 5.83. The highest BCUT2D eigenvalue weighted by Crippen LogP contribution is 2.35. The maximum absolute atomic E-state index is 11.7. The van der Waals surface area contributed by atoms with Crippen LogP contribution < -0.4 is 0 Å². The van der Waals surface area contributed by atoms with Crippen LogP contribution in [0.25, 0.3) is 0 Å². The summed E-state index contributed by atoms with van der Waals surface area (Å²) in [6.45, 7) is 2.03. The Morgan fingerprint density at radius 1 is 1.53 bits per heavy atom. The lowest BCUT2D eigenvalue weighted by atomic mass is 9.96. The van der Waals surface area contributed by atoms with Crippen LogP contribution in [-0.4, -0.2) is 23.5 Å². The molecule has 1 aliphatic rings. The molecule has 17 heavy (non-hydrogen) atoms. The molecule has 0 saturated carbocycles. The zero-order chi connectivity index (χ0) is 12.3. The summed E-state index contributed by atoms with van der Waals surface area (Å²) in [6.07, 6.45) is 2.73. The van der Waals surface area contributed by atoms with E-state index >= 15 is 0 Å². The number of pyridine rings is 1. The minimum Gasteiger partial charge on any atom is -0.466 e. The molecule has 0 unspecified atom stereocenters. The van der Waals surface area contributed by atoms with Gasteiger partial charge in [0.25, 0.3) is 0 Å². The number of hydrogen-bond donors (Lipinski definition) is 0. The fraction of sp³-hybridized carbons (Fsp3) is 0.417. The largest absolute Gasteiger partial charge is 0.466 e. The fourth-order valence-electron chi connectivity index (χ4n) is 1.87. The lowest BCUT2D eigenvalue weighted by Crippen LogP contribution is -2.21. The number of esters is 2. The lowest BCUT2D eigenvalue weighted by Gasteiger charge is -2.16. The van der Waals surface area contributed by atoms with Gasteiger partial charge in [-0.3, -0.25) is 14.6 Å². The number of ether oxygens (including phenoxy) is 2. The quantitative estimate of drug-likeness (QED) is 0.737. The highest BCUT2D eigenvalue weighted by Gasteiger charge is 2.41. The molecule has 1 fully saturated rings. The second-order valence-corrected chi connectivity index (χ2v) is 3.75. The first-order valence-electron chi connectivity index (χ1n) is 5.48. The summed E-state index contributed by atoms with van der Waals surface area (Å²) < 4.78 is 10.1. The van der Waals surface area contributed by atoms with E-state index in [1.807, 2.05) is 0 Å². The van der Waals surface area contributed by atoms with E-state index in [-0.39, 0.29) is 18.4 Å². The molecule has 1 saturated heterocycles. The second-order valence-electron chi connectivity index (χ2n) is 3.75. The summed E-state index contributed by atoms with van der Waals surface area (Å²) in [5, 5.41) is 0. The number of rotatable bonds is 3. The lowest BCUT2D eigenvalue weighted by molar-refractivity contribution is -0.150. The van der Waals surface area contributed by atoms with Gasteiger partial charge in [0.1, 0.15) is 12.0 Å². The smallest absolute Gasteiger partial charge is 0.313 e. The van der Waals surface area contributed by atoms with Crippen molar-refractivity contribution in [2.45, 2.75) is 19.4 Å². The molecule has 2 atom stereocenters. The first-order valence-corrected chi connectivity index (χ1v) is 5.48. The van der Waals surface area contributed by atoms with Crippen LogP contribution in [0.5, 0.6) is 0 Å². The number of hydrogen-bond acceptors (Lipinski definition) is 5. The third kappa shape index (κ3) is 2.43. The summed E-state index contributed by atoms with van der Waals surface area (Å²) in [4.78, 5) is 26.9. The Balaban J connectivity index is 2.20. The van der Waals surface area contributed by atoms with Gasteiger partial charge < -0.3 is 9.47 Å². The zero-order valence-electron chi connectivity index (χ0n) is 9.46. The van der Waals surface area contributed by atoms with Crippen LogP contribution >= 0.6 is 0 Å². The number of aromatic nitrogens is 1. The van der Waals surface area contributed by atoms with Gasteiger partial charge in [0.15, 0.2) is 0 Å². The molecule has 0 aliphatic carbocycles. The van der Waals surface area contributed by atoms with Crippen molar-refractivity contribution in [3.63, 3.8) is 0 Å². The van der Waals surface area contributed by atoms with Gasteiger partial charge in [-0.05, 0) is 24.6 Å². The molecule has 0 spiro atoms. The third-order valence-corrected chi connectivity index (χ3v) is 2.63. The molecule has 90 valence electrons. The van der Waals surface area contributed by atoms with Crippen LogP contribution in [0.3, 0.4) is 0 Å². The van der Waals surface area contributed by atoms with Crippen LogP contribution in [0.2, 0.25) is 0 Å². The zero-order valence-corrected chi connectivity index (χ0v) is 9.46. The maximum atomic E-state index is 11.7. The van der Waals surface area contributed by atoms with E-state index < -0.39 is 12.0 Å². The van der Waals surface area contributed by atoms with Gasteiger partial charge in [-0.15, -0.1) is 0 Å². The van der Waals surface area contributed by atoms with Gasteiger partial charge in [-0.1, -0.05) is 0 Å². The van der Waals surface area contributed by atoms with Crippen molar-refractivity contribution in [2.24, 2.45) is 5.92 Å². The SMILES string of the molecule is CCOC(=O)[C@H]1CC(=O)O[C@H]1c1ccncc1. The summed E-state index contributed by atoms with van der Waals surface area (Å²) in [5.74, 6) is -1.31. The van der Waals surface area contributed by atoms with E-state index in [1.165, 1.54) is 0 Å².